The molecule has 0 aliphatic carbocycles. The molecule has 0 aromatic heterocycles. The van der Waals surface area contributed by atoms with Gasteiger partial charge in [-0.15, -0.1) is 6.42 Å². The number of nitrogens with one attached hydrogen (secondary N) is 1. The zero-order valence-electron chi connectivity index (χ0n) is 12.6. The van der Waals surface area contributed by atoms with Crippen molar-refractivity contribution in [3.63, 3.8) is 0 Å². The molecule has 0 aliphatic rings. The average molecular weight is 304 g/mol. The molecule has 7 heteroatoms. The van der Waals surface area contributed by atoms with Crippen LogP contribution in [0.15, 0.2) is 0 Å². The third kappa shape index (κ3) is 15.5. The SMILES string of the molecule is C#CCN(CCO)CCOCCOCCOCCNCO. The minimum absolute atomic E-state index is 0.0335. The van der Waals surface area contributed by atoms with Crippen LogP contribution in [0.4, 0.5) is 0 Å². The number of nitrogens with zero attached hydrogens (tertiary/aromatic N) is 1. The number of ether oxygens (including phenoxy) is 3. The predicted molar refractivity (Wildman–Crippen MR) is 79.9 cm³/mol. The summed E-state index contributed by atoms with van der Waals surface area (Å²) in [5, 5.41) is 20.1. The Morgan fingerprint density at radius 1 is 0.905 bits per heavy atom. The summed E-state index contributed by atoms with van der Waals surface area (Å²) in [5.74, 6) is 2.55. The van der Waals surface area contributed by atoms with Gasteiger partial charge in [0.05, 0.1) is 59.5 Å². The predicted octanol–water partition coefficient (Wildman–Crippen LogP) is -1.50. The van der Waals surface area contributed by atoms with Gasteiger partial charge in [0.25, 0.3) is 0 Å². The van der Waals surface area contributed by atoms with Gasteiger partial charge < -0.3 is 24.4 Å². The Kier molecular flexibility index (Phi) is 16.7. The van der Waals surface area contributed by atoms with E-state index in [0.717, 1.165) is 0 Å². The first-order valence-corrected chi connectivity index (χ1v) is 7.16. The van der Waals surface area contributed by atoms with Crippen LogP contribution in [0.25, 0.3) is 0 Å². The van der Waals surface area contributed by atoms with Crippen LogP contribution in [0.2, 0.25) is 0 Å². The molecule has 21 heavy (non-hydrogen) atoms. The summed E-state index contributed by atoms with van der Waals surface area (Å²) >= 11 is 0. The van der Waals surface area contributed by atoms with Crippen molar-refractivity contribution in [3.8, 4) is 12.3 Å². The topological polar surface area (TPSA) is 83.4 Å². The largest absolute Gasteiger partial charge is 0.395 e. The first kappa shape index (κ1) is 20.3. The van der Waals surface area contributed by atoms with E-state index in [2.05, 4.69) is 11.2 Å². The molecule has 0 saturated carbocycles. The second-order valence-electron chi connectivity index (χ2n) is 4.20. The highest BCUT2D eigenvalue weighted by Gasteiger charge is 2.01. The lowest BCUT2D eigenvalue weighted by molar-refractivity contribution is 0.0106. The Balaban J connectivity index is 3.19. The number of rotatable bonds is 16. The maximum Gasteiger partial charge on any atom is 0.0932 e. The quantitative estimate of drug-likeness (QED) is 0.182. The molecule has 0 aromatic carbocycles. The van der Waals surface area contributed by atoms with Crippen molar-refractivity contribution >= 4 is 0 Å². The zero-order chi connectivity index (χ0) is 15.6. The number of hydrogen-bond acceptors (Lipinski definition) is 7. The van der Waals surface area contributed by atoms with Gasteiger partial charge in [0, 0.05) is 19.6 Å². The van der Waals surface area contributed by atoms with Crippen LogP contribution in [0.5, 0.6) is 0 Å². The van der Waals surface area contributed by atoms with E-state index in [9.17, 15) is 0 Å². The summed E-state index contributed by atoms with van der Waals surface area (Å²) in [5.41, 5.74) is 0. The molecule has 0 unspecified atom stereocenters. The molecule has 124 valence electrons. The van der Waals surface area contributed by atoms with Gasteiger partial charge >= 0.3 is 0 Å². The summed E-state index contributed by atoms with van der Waals surface area (Å²) in [6, 6.07) is 0. The van der Waals surface area contributed by atoms with E-state index in [1.165, 1.54) is 0 Å². The highest BCUT2D eigenvalue weighted by Crippen LogP contribution is 1.88. The number of aliphatic hydroxyl groups excluding tert-OH is 2. The summed E-state index contributed by atoms with van der Waals surface area (Å²) in [4.78, 5) is 1.95. The van der Waals surface area contributed by atoms with Crippen LogP contribution in [0.1, 0.15) is 0 Å². The fourth-order valence-corrected chi connectivity index (χ4v) is 1.50. The lowest BCUT2D eigenvalue weighted by Gasteiger charge is -2.18. The van der Waals surface area contributed by atoms with Crippen LogP contribution in [0.3, 0.4) is 0 Å². The molecule has 0 atom stereocenters. The van der Waals surface area contributed by atoms with Crippen molar-refractivity contribution in [2.75, 3.05) is 79.2 Å². The second kappa shape index (κ2) is 17.3. The Labute approximate surface area is 127 Å². The van der Waals surface area contributed by atoms with Gasteiger partial charge in [-0.2, -0.15) is 0 Å². The number of terminal acetylenes is 1. The molecule has 0 heterocycles. The zero-order valence-corrected chi connectivity index (χ0v) is 12.6. The van der Waals surface area contributed by atoms with Crippen molar-refractivity contribution < 1.29 is 24.4 Å². The lowest BCUT2D eigenvalue weighted by atomic mass is 10.4. The third-order valence-corrected chi connectivity index (χ3v) is 2.56. The Hall–Kier alpha value is -0.720. The molecule has 0 rings (SSSR count). The van der Waals surface area contributed by atoms with Gasteiger partial charge in [0.2, 0.25) is 0 Å². The molecule has 0 bridgehead atoms. The summed E-state index contributed by atoms with van der Waals surface area (Å²) in [6.07, 6.45) is 5.23. The first-order valence-electron chi connectivity index (χ1n) is 7.16. The Morgan fingerprint density at radius 2 is 1.52 bits per heavy atom. The molecule has 0 saturated heterocycles. The highest BCUT2D eigenvalue weighted by atomic mass is 16.5. The van der Waals surface area contributed by atoms with E-state index >= 15 is 0 Å². The third-order valence-electron chi connectivity index (χ3n) is 2.56. The van der Waals surface area contributed by atoms with Gasteiger partial charge in [-0.1, -0.05) is 5.92 Å². The Bertz CT molecular complexity index is 248. The van der Waals surface area contributed by atoms with Crippen LogP contribution < -0.4 is 5.32 Å². The van der Waals surface area contributed by atoms with Crippen LogP contribution in [0, 0.1) is 12.3 Å². The molecular formula is C14H28N2O5. The lowest BCUT2D eigenvalue weighted by Crippen LogP contribution is -2.31. The average Bonchev–Trinajstić information content (AvgIpc) is 2.48. The van der Waals surface area contributed by atoms with Gasteiger partial charge in [-0.25, -0.2) is 0 Å². The summed E-state index contributed by atoms with van der Waals surface area (Å²) in [7, 11) is 0. The monoisotopic (exact) mass is 304 g/mol. The standard InChI is InChI=1S/C14H28N2O5/c1-2-4-16(5-7-17)6-9-20-11-13-21-12-10-19-8-3-15-14-18/h1,15,17-18H,3-14H2. The van der Waals surface area contributed by atoms with Crippen molar-refractivity contribution in [1.29, 1.82) is 0 Å². The fraction of sp³-hybridized carbons (Fsp3) is 0.857. The van der Waals surface area contributed by atoms with Gasteiger partial charge in [-0.3, -0.25) is 10.2 Å². The fourth-order valence-electron chi connectivity index (χ4n) is 1.50. The van der Waals surface area contributed by atoms with Crippen molar-refractivity contribution in [2.45, 2.75) is 0 Å². The molecule has 0 fully saturated rings. The van der Waals surface area contributed by atoms with Gasteiger partial charge in [0.1, 0.15) is 0 Å². The molecule has 7 nitrogen and oxygen atoms in total. The van der Waals surface area contributed by atoms with E-state index in [0.29, 0.717) is 65.8 Å². The molecular weight excluding hydrogens is 276 g/mol. The van der Waals surface area contributed by atoms with Crippen molar-refractivity contribution in [1.82, 2.24) is 10.2 Å². The molecule has 3 N–H and O–H groups in total. The van der Waals surface area contributed by atoms with Gasteiger partial charge in [0.15, 0.2) is 0 Å². The maximum atomic E-state index is 8.86. The minimum Gasteiger partial charge on any atom is -0.395 e. The van der Waals surface area contributed by atoms with Crippen molar-refractivity contribution in [3.05, 3.63) is 0 Å². The van der Waals surface area contributed by atoms with E-state index in [-0.39, 0.29) is 13.3 Å². The maximum absolute atomic E-state index is 8.86. The minimum atomic E-state index is -0.0335. The normalized spacial score (nSPS) is 11.0. The summed E-state index contributed by atoms with van der Waals surface area (Å²) < 4.78 is 16.0. The first-order chi connectivity index (χ1) is 10.3. The van der Waals surface area contributed by atoms with Crippen LogP contribution in [-0.2, 0) is 14.2 Å². The van der Waals surface area contributed by atoms with Crippen molar-refractivity contribution in [2.24, 2.45) is 0 Å². The second-order valence-corrected chi connectivity index (χ2v) is 4.20. The van der Waals surface area contributed by atoms with E-state index in [4.69, 9.17) is 30.8 Å². The highest BCUT2D eigenvalue weighted by molar-refractivity contribution is 4.87. The van der Waals surface area contributed by atoms with E-state index in [1.807, 2.05) is 4.90 Å². The Morgan fingerprint density at radius 3 is 2.10 bits per heavy atom. The van der Waals surface area contributed by atoms with Crippen LogP contribution in [-0.4, -0.2) is 94.3 Å². The molecule has 0 aliphatic heterocycles. The number of aliphatic hydroxyl groups is 2. The van der Waals surface area contributed by atoms with E-state index in [1.54, 1.807) is 0 Å². The number of hydrogen-bond donors (Lipinski definition) is 3. The summed E-state index contributed by atoms with van der Waals surface area (Å²) in [6.45, 7) is 5.68. The van der Waals surface area contributed by atoms with Gasteiger partial charge in [-0.05, 0) is 0 Å². The molecule has 0 radical (unpaired) electrons. The van der Waals surface area contributed by atoms with E-state index < -0.39 is 0 Å². The molecule has 0 amide bonds. The molecule has 0 spiro atoms. The van der Waals surface area contributed by atoms with Crippen LogP contribution >= 0.6 is 0 Å². The molecule has 0 aromatic rings. The smallest absolute Gasteiger partial charge is 0.0932 e.